The number of aromatic amines is 1. The van der Waals surface area contributed by atoms with E-state index in [2.05, 4.69) is 20.7 Å². The Morgan fingerprint density at radius 2 is 1.84 bits per heavy atom. The average molecular weight is 449 g/mol. The molecule has 0 spiro atoms. The maximum absolute atomic E-state index is 13.7. The Bertz CT molecular complexity index is 1290. The summed E-state index contributed by atoms with van der Waals surface area (Å²) in [5.41, 5.74) is -0.672. The van der Waals surface area contributed by atoms with Crippen LogP contribution < -0.4 is 10.6 Å². The summed E-state index contributed by atoms with van der Waals surface area (Å²) < 4.78 is 67.8. The summed E-state index contributed by atoms with van der Waals surface area (Å²) in [6, 6.07) is 7.73. The minimum absolute atomic E-state index is 0.0247. The SMILES string of the molecule is CCNc1c(-c2ccc(F)c(C(F)(F)F)c2)nc2c(C(=O)Nc3ccc(F)cc3)c[nH]n12. The van der Waals surface area contributed by atoms with Gasteiger partial charge in [0, 0.05) is 24.0 Å². The predicted molar refractivity (Wildman–Crippen MR) is 108 cm³/mol. The Kier molecular flexibility index (Phi) is 5.33. The molecule has 0 fully saturated rings. The minimum Gasteiger partial charge on any atom is -0.368 e. The van der Waals surface area contributed by atoms with Crippen LogP contribution in [-0.2, 0) is 6.18 Å². The van der Waals surface area contributed by atoms with Gasteiger partial charge in [0.05, 0.1) is 5.56 Å². The number of carbonyl (C=O) groups excluding carboxylic acids is 1. The monoisotopic (exact) mass is 449 g/mol. The van der Waals surface area contributed by atoms with E-state index in [-0.39, 0.29) is 22.5 Å². The molecule has 0 aliphatic carbocycles. The Morgan fingerprint density at radius 3 is 2.50 bits per heavy atom. The summed E-state index contributed by atoms with van der Waals surface area (Å²) in [6.07, 6.45) is -3.49. The highest BCUT2D eigenvalue weighted by molar-refractivity contribution is 6.08. The highest BCUT2D eigenvalue weighted by Crippen LogP contribution is 2.36. The molecule has 0 bridgehead atoms. The second kappa shape index (κ2) is 7.98. The van der Waals surface area contributed by atoms with Crippen LogP contribution in [0, 0.1) is 11.6 Å². The maximum atomic E-state index is 13.7. The van der Waals surface area contributed by atoms with Crippen molar-refractivity contribution in [3.63, 3.8) is 0 Å². The predicted octanol–water partition coefficient (Wildman–Crippen LogP) is 5.31. The number of imidazole rings is 1. The summed E-state index contributed by atoms with van der Waals surface area (Å²) in [5.74, 6) is -2.10. The third-order valence-corrected chi connectivity index (χ3v) is 4.69. The zero-order valence-electron chi connectivity index (χ0n) is 16.5. The summed E-state index contributed by atoms with van der Waals surface area (Å²) in [5, 5.41) is 8.44. The van der Waals surface area contributed by atoms with E-state index in [9.17, 15) is 26.7 Å². The lowest BCUT2D eigenvalue weighted by molar-refractivity contribution is -0.139. The average Bonchev–Trinajstić information content (AvgIpc) is 3.30. The van der Waals surface area contributed by atoms with E-state index in [0.717, 1.165) is 6.07 Å². The molecule has 1 amide bonds. The third kappa shape index (κ3) is 3.88. The number of anilines is 2. The third-order valence-electron chi connectivity index (χ3n) is 4.69. The molecule has 0 radical (unpaired) electrons. The van der Waals surface area contributed by atoms with Gasteiger partial charge < -0.3 is 10.6 Å². The van der Waals surface area contributed by atoms with E-state index in [4.69, 9.17) is 0 Å². The van der Waals surface area contributed by atoms with Gasteiger partial charge in [-0.2, -0.15) is 13.2 Å². The molecular formula is C21H16F5N5O. The van der Waals surface area contributed by atoms with Crippen molar-refractivity contribution in [2.24, 2.45) is 0 Å². The molecule has 2 aromatic heterocycles. The molecule has 0 aliphatic rings. The normalized spacial score (nSPS) is 11.7. The van der Waals surface area contributed by atoms with E-state index in [1.165, 1.54) is 41.0 Å². The second-order valence-electron chi connectivity index (χ2n) is 6.84. The number of aromatic nitrogens is 3. The van der Waals surface area contributed by atoms with Crippen molar-refractivity contribution >= 4 is 23.1 Å². The first-order valence-electron chi connectivity index (χ1n) is 9.46. The fourth-order valence-electron chi connectivity index (χ4n) is 3.24. The highest BCUT2D eigenvalue weighted by Gasteiger charge is 2.35. The van der Waals surface area contributed by atoms with Crippen molar-refractivity contribution in [1.82, 2.24) is 14.6 Å². The van der Waals surface area contributed by atoms with Crippen LogP contribution in [0.25, 0.3) is 16.9 Å². The van der Waals surface area contributed by atoms with Crippen molar-refractivity contribution in [3.05, 3.63) is 71.4 Å². The zero-order valence-corrected chi connectivity index (χ0v) is 16.5. The highest BCUT2D eigenvalue weighted by atomic mass is 19.4. The molecule has 0 aliphatic heterocycles. The Hall–Kier alpha value is -3.89. The van der Waals surface area contributed by atoms with Gasteiger partial charge in [-0.15, -0.1) is 0 Å². The van der Waals surface area contributed by atoms with Crippen molar-refractivity contribution in [1.29, 1.82) is 0 Å². The maximum Gasteiger partial charge on any atom is 0.419 e. The summed E-state index contributed by atoms with van der Waals surface area (Å²) in [4.78, 5) is 17.1. The fourth-order valence-corrected chi connectivity index (χ4v) is 3.24. The molecule has 0 unspecified atom stereocenters. The van der Waals surface area contributed by atoms with Gasteiger partial charge in [-0.1, -0.05) is 0 Å². The molecule has 4 aromatic rings. The van der Waals surface area contributed by atoms with Gasteiger partial charge in [0.25, 0.3) is 5.91 Å². The number of H-pyrrole nitrogens is 1. The van der Waals surface area contributed by atoms with E-state index in [0.29, 0.717) is 24.1 Å². The van der Waals surface area contributed by atoms with Crippen molar-refractivity contribution in [2.75, 3.05) is 17.2 Å². The quantitative estimate of drug-likeness (QED) is 0.362. The number of nitrogens with zero attached hydrogens (tertiary/aromatic N) is 2. The van der Waals surface area contributed by atoms with E-state index in [1.54, 1.807) is 6.92 Å². The molecule has 2 heterocycles. The number of hydrogen-bond acceptors (Lipinski definition) is 3. The van der Waals surface area contributed by atoms with Gasteiger partial charge in [-0.05, 0) is 49.4 Å². The lowest BCUT2D eigenvalue weighted by atomic mass is 10.1. The van der Waals surface area contributed by atoms with Gasteiger partial charge in [-0.3, -0.25) is 9.89 Å². The summed E-state index contributed by atoms with van der Waals surface area (Å²) in [7, 11) is 0. The Morgan fingerprint density at radius 1 is 1.12 bits per heavy atom. The molecular weight excluding hydrogens is 433 g/mol. The van der Waals surface area contributed by atoms with Gasteiger partial charge in [0.15, 0.2) is 11.5 Å². The molecule has 166 valence electrons. The molecule has 0 atom stereocenters. The number of carbonyl (C=O) groups is 1. The second-order valence-corrected chi connectivity index (χ2v) is 6.84. The van der Waals surface area contributed by atoms with Crippen LogP contribution in [0.3, 0.4) is 0 Å². The first kappa shape index (κ1) is 21.3. The number of rotatable bonds is 5. The lowest BCUT2D eigenvalue weighted by Crippen LogP contribution is -2.11. The van der Waals surface area contributed by atoms with Gasteiger partial charge >= 0.3 is 6.18 Å². The van der Waals surface area contributed by atoms with Crippen LogP contribution in [0.1, 0.15) is 22.8 Å². The fraction of sp³-hybridized carbons (Fsp3) is 0.143. The number of fused-ring (bicyclic) bond motifs is 1. The number of halogens is 5. The van der Waals surface area contributed by atoms with Crippen LogP contribution in [0.5, 0.6) is 0 Å². The van der Waals surface area contributed by atoms with Crippen molar-refractivity contribution in [2.45, 2.75) is 13.1 Å². The molecule has 0 saturated heterocycles. The van der Waals surface area contributed by atoms with Crippen LogP contribution in [0.2, 0.25) is 0 Å². The van der Waals surface area contributed by atoms with Gasteiger partial charge in [0.1, 0.15) is 22.9 Å². The number of hydrogen-bond donors (Lipinski definition) is 3. The number of amides is 1. The van der Waals surface area contributed by atoms with Crippen molar-refractivity contribution < 1.29 is 26.7 Å². The molecule has 2 aromatic carbocycles. The molecule has 4 rings (SSSR count). The van der Waals surface area contributed by atoms with Crippen LogP contribution in [0.15, 0.2) is 48.7 Å². The van der Waals surface area contributed by atoms with E-state index >= 15 is 0 Å². The first-order chi connectivity index (χ1) is 15.2. The summed E-state index contributed by atoms with van der Waals surface area (Å²) in [6.45, 7) is 2.18. The van der Waals surface area contributed by atoms with Gasteiger partial charge in [-0.25, -0.2) is 18.3 Å². The Balaban J connectivity index is 1.78. The largest absolute Gasteiger partial charge is 0.419 e. The topological polar surface area (TPSA) is 74.2 Å². The van der Waals surface area contributed by atoms with E-state index < -0.39 is 29.3 Å². The molecule has 11 heteroatoms. The van der Waals surface area contributed by atoms with Crippen LogP contribution in [-0.4, -0.2) is 27.0 Å². The van der Waals surface area contributed by atoms with Crippen LogP contribution >= 0.6 is 0 Å². The minimum atomic E-state index is -4.88. The number of alkyl halides is 3. The molecule has 6 nitrogen and oxygen atoms in total. The smallest absolute Gasteiger partial charge is 0.368 e. The number of benzene rings is 2. The first-order valence-corrected chi connectivity index (χ1v) is 9.46. The lowest BCUT2D eigenvalue weighted by Gasteiger charge is -2.10. The van der Waals surface area contributed by atoms with Crippen molar-refractivity contribution in [3.8, 4) is 11.3 Å². The Labute approximate surface area is 178 Å². The van der Waals surface area contributed by atoms with E-state index in [1.807, 2.05) is 0 Å². The molecule has 32 heavy (non-hydrogen) atoms. The van der Waals surface area contributed by atoms with Gasteiger partial charge in [0.2, 0.25) is 0 Å². The summed E-state index contributed by atoms with van der Waals surface area (Å²) >= 11 is 0. The van der Waals surface area contributed by atoms with Crippen LogP contribution in [0.4, 0.5) is 33.5 Å². The number of nitrogens with one attached hydrogen (secondary N) is 3. The zero-order chi connectivity index (χ0) is 23.0. The standard InChI is InChI=1S/C21H16F5N5O/c1-2-27-19-17(11-3-8-16(23)15(9-11)21(24,25)26)30-18-14(10-28-31(18)19)20(32)29-13-6-4-12(22)5-7-13/h3-10,27-28H,2H2,1H3,(H,29,32). The molecule has 3 N–H and O–H groups in total. The molecule has 0 saturated carbocycles.